The van der Waals surface area contributed by atoms with Crippen LogP contribution in [0.15, 0.2) is 36.4 Å². The molecule has 0 saturated carbocycles. The molecule has 8 nitrogen and oxygen atoms in total. The molecule has 2 aliphatic heterocycles. The van der Waals surface area contributed by atoms with Crippen molar-refractivity contribution < 1.29 is 14.3 Å². The number of carbonyl (C=O) groups excluding carboxylic acids is 2. The highest BCUT2D eigenvalue weighted by Crippen LogP contribution is 2.38. The van der Waals surface area contributed by atoms with Gasteiger partial charge >= 0.3 is 5.97 Å². The first-order valence-electron chi connectivity index (χ1n) is 9.53. The van der Waals surface area contributed by atoms with Gasteiger partial charge in [-0.1, -0.05) is 42.5 Å². The molecule has 4 rings (SSSR count). The van der Waals surface area contributed by atoms with Gasteiger partial charge in [-0.2, -0.15) is 0 Å². The van der Waals surface area contributed by atoms with Crippen molar-refractivity contribution in [3.8, 4) is 0 Å². The number of aromatic nitrogens is 2. The summed E-state index contributed by atoms with van der Waals surface area (Å²) in [5, 5.41) is 13.9. The lowest BCUT2D eigenvalue weighted by Crippen LogP contribution is -2.51. The minimum absolute atomic E-state index is 0.262. The van der Waals surface area contributed by atoms with Crippen LogP contribution >= 0.6 is 23.8 Å². The van der Waals surface area contributed by atoms with E-state index < -0.39 is 23.4 Å². The third-order valence-corrected chi connectivity index (χ3v) is 6.00. The summed E-state index contributed by atoms with van der Waals surface area (Å²) in [5.74, 6) is -1.05. The van der Waals surface area contributed by atoms with Gasteiger partial charge in [0, 0.05) is 26.0 Å². The Hall–Kier alpha value is -2.78. The first-order chi connectivity index (χ1) is 14.5. The maximum absolute atomic E-state index is 13.5. The van der Waals surface area contributed by atoms with Crippen LogP contribution in [0.2, 0.25) is 0 Å². The zero-order valence-corrected chi connectivity index (χ0v) is 17.7. The molecule has 3 heterocycles. The fourth-order valence-electron chi connectivity index (χ4n) is 3.73. The number of hydrogen-bond donors (Lipinski definition) is 2. The highest BCUT2D eigenvalue weighted by atomic mass is 35.5. The van der Waals surface area contributed by atoms with Crippen LogP contribution < -0.4 is 15.5 Å². The monoisotopic (exact) mass is 445 g/mol. The van der Waals surface area contributed by atoms with Gasteiger partial charge in [0.05, 0.1) is 23.7 Å². The Bertz CT molecular complexity index is 990. The van der Waals surface area contributed by atoms with Crippen LogP contribution in [-0.2, 0) is 14.3 Å². The van der Waals surface area contributed by atoms with Crippen molar-refractivity contribution in [2.24, 2.45) is 5.92 Å². The number of amides is 1. The second-order valence-corrected chi connectivity index (χ2v) is 7.97. The predicted molar refractivity (Wildman–Crippen MR) is 116 cm³/mol. The molecule has 3 unspecified atom stereocenters. The number of thiocarbonyl (C=S) groups is 1. The van der Waals surface area contributed by atoms with E-state index in [9.17, 15) is 9.59 Å². The molecule has 0 radical (unpaired) electrons. The van der Waals surface area contributed by atoms with E-state index in [0.717, 1.165) is 5.56 Å². The van der Waals surface area contributed by atoms with E-state index in [-0.39, 0.29) is 5.91 Å². The topological polar surface area (TPSA) is 96.4 Å². The van der Waals surface area contributed by atoms with Gasteiger partial charge in [-0.25, -0.2) is 0 Å². The van der Waals surface area contributed by atoms with E-state index in [1.165, 1.54) is 6.92 Å². The summed E-state index contributed by atoms with van der Waals surface area (Å²) < 4.78 is 5.46. The van der Waals surface area contributed by atoms with E-state index in [0.29, 0.717) is 41.8 Å². The van der Waals surface area contributed by atoms with Gasteiger partial charge in [0.15, 0.2) is 5.82 Å². The molecule has 1 aromatic carbocycles. The van der Waals surface area contributed by atoms with Gasteiger partial charge in [-0.3, -0.25) is 14.5 Å². The molecule has 1 saturated heterocycles. The first kappa shape index (κ1) is 20.5. The number of piperidine rings is 1. The van der Waals surface area contributed by atoms with Crippen molar-refractivity contribution in [2.45, 2.75) is 24.8 Å². The zero-order valence-electron chi connectivity index (χ0n) is 16.2. The maximum Gasteiger partial charge on any atom is 0.302 e. The number of carbonyl (C=O) groups is 2. The highest BCUT2D eigenvalue weighted by Gasteiger charge is 2.44. The summed E-state index contributed by atoms with van der Waals surface area (Å²) in [6.45, 7) is 2.14. The number of esters is 1. The molecule has 1 aromatic heterocycles. The Morgan fingerprint density at radius 1 is 1.30 bits per heavy atom. The van der Waals surface area contributed by atoms with Crippen LogP contribution in [0.25, 0.3) is 0 Å². The van der Waals surface area contributed by atoms with Crippen molar-refractivity contribution in [2.75, 3.05) is 23.4 Å². The molecule has 2 N–H and O–H groups in total. The Morgan fingerprint density at radius 3 is 2.80 bits per heavy atom. The van der Waals surface area contributed by atoms with Gasteiger partial charge in [-0.15, -0.1) is 21.8 Å². The second kappa shape index (κ2) is 8.53. The molecule has 30 heavy (non-hydrogen) atoms. The maximum atomic E-state index is 13.5. The van der Waals surface area contributed by atoms with Gasteiger partial charge in [0.2, 0.25) is 5.91 Å². The largest absolute Gasteiger partial charge is 0.462 e. The smallest absolute Gasteiger partial charge is 0.302 e. The van der Waals surface area contributed by atoms with Crippen molar-refractivity contribution >= 4 is 52.2 Å². The van der Waals surface area contributed by atoms with E-state index in [4.69, 9.17) is 28.6 Å². The molecule has 3 atom stereocenters. The molecule has 156 valence electrons. The van der Waals surface area contributed by atoms with E-state index in [2.05, 4.69) is 20.8 Å². The molecular formula is C20H20ClN5O3S. The lowest BCUT2D eigenvalue weighted by Gasteiger charge is -2.38. The molecule has 10 heteroatoms. The van der Waals surface area contributed by atoms with Crippen LogP contribution in [-0.4, -0.2) is 46.4 Å². The third-order valence-electron chi connectivity index (χ3n) is 5.14. The van der Waals surface area contributed by atoms with Crippen molar-refractivity contribution in [3.63, 3.8) is 0 Å². The summed E-state index contributed by atoms with van der Waals surface area (Å²) in [7, 11) is 0. The Balaban J connectivity index is 1.66. The number of rotatable bonds is 4. The number of nitrogens with zero attached hydrogens (tertiary/aromatic N) is 3. The molecule has 0 spiro atoms. The van der Waals surface area contributed by atoms with Crippen LogP contribution in [0, 0.1) is 5.92 Å². The van der Waals surface area contributed by atoms with Crippen LogP contribution in [0.4, 0.5) is 11.5 Å². The number of hydrogen-bond acceptors (Lipinski definition) is 7. The average Bonchev–Trinajstić information content (AvgIpc) is 2.74. The Labute approximate surface area is 183 Å². The van der Waals surface area contributed by atoms with E-state index >= 15 is 0 Å². The van der Waals surface area contributed by atoms with Gasteiger partial charge < -0.3 is 15.4 Å². The molecule has 1 amide bonds. The van der Waals surface area contributed by atoms with Crippen LogP contribution in [0.1, 0.15) is 30.0 Å². The lowest BCUT2D eigenvalue weighted by molar-refractivity contribution is -0.153. The molecule has 2 aromatic rings. The van der Waals surface area contributed by atoms with Crippen molar-refractivity contribution in [1.29, 1.82) is 0 Å². The average molecular weight is 446 g/mol. The summed E-state index contributed by atoms with van der Waals surface area (Å²) >= 11 is 12.0. The summed E-state index contributed by atoms with van der Waals surface area (Å²) in [4.78, 5) is 27.2. The highest BCUT2D eigenvalue weighted by molar-refractivity contribution is 7.80. The van der Waals surface area contributed by atoms with Gasteiger partial charge in [0.1, 0.15) is 16.8 Å². The Kier molecular flexibility index (Phi) is 5.83. The minimum atomic E-state index is -0.750. The van der Waals surface area contributed by atoms with E-state index in [1.54, 1.807) is 11.0 Å². The van der Waals surface area contributed by atoms with Crippen molar-refractivity contribution in [3.05, 3.63) is 47.7 Å². The number of fused-ring (bicyclic) bond motifs is 1. The molecular weight excluding hydrogens is 426 g/mol. The number of halogens is 1. The zero-order chi connectivity index (χ0) is 21.3. The summed E-state index contributed by atoms with van der Waals surface area (Å²) in [6, 6.07) is 11.0. The van der Waals surface area contributed by atoms with Crippen LogP contribution in [0.3, 0.4) is 0 Å². The van der Waals surface area contributed by atoms with E-state index in [1.807, 2.05) is 30.3 Å². The standard InChI is InChI=1S/C20H20ClN5O3S/c1-11(27)29-14-7-8-26(15-9-13-18(25-24-15)19(30)23-10-22-13)20(28)16(14)17(21)12-5-3-2-4-6-12/h2-6,9,14,16-17,22H,7-8,10H2,1H3,(H,23,30). The number of nitrogens with one attached hydrogen (secondary N) is 2. The third kappa shape index (κ3) is 3.95. The normalized spacial score (nSPS) is 21.9. The molecule has 1 fully saturated rings. The first-order valence-corrected chi connectivity index (χ1v) is 10.4. The minimum Gasteiger partial charge on any atom is -0.462 e. The molecule has 2 aliphatic rings. The number of alkyl halides is 1. The molecule has 0 aliphatic carbocycles. The fraction of sp³-hybridized carbons (Fsp3) is 0.350. The number of anilines is 2. The summed E-state index contributed by atoms with van der Waals surface area (Å²) in [5.41, 5.74) is 2.03. The van der Waals surface area contributed by atoms with Gasteiger partial charge in [0.25, 0.3) is 0 Å². The Morgan fingerprint density at radius 2 is 2.07 bits per heavy atom. The summed E-state index contributed by atoms with van der Waals surface area (Å²) in [6.07, 6.45) is -0.174. The molecule has 0 bridgehead atoms. The lowest BCUT2D eigenvalue weighted by atomic mass is 9.87. The fourth-order valence-corrected chi connectivity index (χ4v) is 4.37. The number of ether oxygens (including phenoxy) is 1. The van der Waals surface area contributed by atoms with Crippen LogP contribution in [0.5, 0.6) is 0 Å². The second-order valence-electron chi connectivity index (χ2n) is 7.09. The van der Waals surface area contributed by atoms with Gasteiger partial charge in [-0.05, 0) is 5.56 Å². The number of benzene rings is 1. The SMILES string of the molecule is CC(=O)OC1CCN(c2cc3c(nn2)C(=S)NCN3)C(=O)C1C(Cl)c1ccccc1. The van der Waals surface area contributed by atoms with Crippen molar-refractivity contribution in [1.82, 2.24) is 15.5 Å². The predicted octanol–water partition coefficient (Wildman–Crippen LogP) is 2.39. The quantitative estimate of drug-likeness (QED) is 0.420.